The van der Waals surface area contributed by atoms with Gasteiger partial charge in [-0.1, -0.05) is 171 Å². The van der Waals surface area contributed by atoms with Crippen molar-refractivity contribution >= 4 is 17.9 Å². The Hall–Kier alpha value is -2.89. The maximum atomic E-state index is 12.7. The minimum atomic E-state index is -0.790. The van der Waals surface area contributed by atoms with E-state index in [2.05, 4.69) is 81.5 Å². The fourth-order valence-corrected chi connectivity index (χ4v) is 6.07. The van der Waals surface area contributed by atoms with Crippen molar-refractivity contribution in [3.63, 3.8) is 0 Å². The molecule has 0 aromatic carbocycles. The molecule has 6 nitrogen and oxygen atoms in total. The average molecular weight is 769 g/mol. The first-order chi connectivity index (χ1) is 27.0. The van der Waals surface area contributed by atoms with E-state index < -0.39 is 6.10 Å². The molecule has 1 atom stereocenters. The van der Waals surface area contributed by atoms with Gasteiger partial charge >= 0.3 is 17.9 Å². The van der Waals surface area contributed by atoms with E-state index in [4.69, 9.17) is 14.2 Å². The second-order valence-corrected chi connectivity index (χ2v) is 14.9. The number of unbranched alkanes of at least 4 members (excludes halogenated alkanes) is 19. The van der Waals surface area contributed by atoms with Crippen LogP contribution < -0.4 is 0 Å². The van der Waals surface area contributed by atoms with E-state index in [0.29, 0.717) is 19.3 Å². The van der Waals surface area contributed by atoms with Crippen molar-refractivity contribution < 1.29 is 28.6 Å². The molecule has 0 radical (unpaired) electrons. The number of esters is 3. The van der Waals surface area contributed by atoms with E-state index in [1.807, 2.05) is 0 Å². The van der Waals surface area contributed by atoms with Crippen LogP contribution in [0.3, 0.4) is 0 Å². The molecule has 0 N–H and O–H groups in total. The van der Waals surface area contributed by atoms with Crippen LogP contribution in [0.4, 0.5) is 0 Å². The lowest BCUT2D eigenvalue weighted by atomic mass is 10.1. The van der Waals surface area contributed by atoms with Crippen molar-refractivity contribution in [3.05, 3.63) is 60.8 Å². The zero-order chi connectivity index (χ0) is 40.1. The Labute approximate surface area is 339 Å². The van der Waals surface area contributed by atoms with Crippen molar-refractivity contribution in [1.29, 1.82) is 0 Å². The highest BCUT2D eigenvalue weighted by Crippen LogP contribution is 2.13. The van der Waals surface area contributed by atoms with Crippen LogP contribution in [0.25, 0.3) is 0 Å². The predicted octanol–water partition coefficient (Wildman–Crippen LogP) is 14.5. The summed E-state index contributed by atoms with van der Waals surface area (Å²) in [6.07, 6.45) is 52.2. The average Bonchev–Trinajstić information content (AvgIpc) is 3.18. The van der Waals surface area contributed by atoms with Crippen LogP contribution in [0, 0.1) is 0 Å². The minimum absolute atomic E-state index is 0.0907. The molecule has 0 spiro atoms. The Balaban J connectivity index is 4.39. The van der Waals surface area contributed by atoms with Crippen LogP contribution in [0.1, 0.15) is 213 Å². The Morgan fingerprint density at radius 3 is 1.16 bits per heavy atom. The Bertz CT molecular complexity index is 1020. The van der Waals surface area contributed by atoms with E-state index in [0.717, 1.165) is 96.3 Å². The molecule has 0 rings (SSSR count). The highest BCUT2D eigenvalue weighted by Gasteiger charge is 2.19. The first-order valence-corrected chi connectivity index (χ1v) is 22.8. The van der Waals surface area contributed by atoms with Crippen LogP contribution >= 0.6 is 0 Å². The summed E-state index contributed by atoms with van der Waals surface area (Å²) in [7, 11) is 0. The second-order valence-electron chi connectivity index (χ2n) is 14.9. The van der Waals surface area contributed by atoms with E-state index in [9.17, 15) is 14.4 Å². The van der Waals surface area contributed by atoms with E-state index in [1.54, 1.807) is 0 Å². The zero-order valence-corrected chi connectivity index (χ0v) is 35.9. The number of rotatable bonds is 40. The molecule has 1 unspecified atom stereocenters. The van der Waals surface area contributed by atoms with Gasteiger partial charge in [0.2, 0.25) is 0 Å². The molecule has 0 aliphatic heterocycles. The van der Waals surface area contributed by atoms with Crippen LogP contribution in [0.5, 0.6) is 0 Å². The molecule has 0 aromatic rings. The number of hydrogen-bond acceptors (Lipinski definition) is 6. The van der Waals surface area contributed by atoms with Gasteiger partial charge in [0.15, 0.2) is 6.10 Å². The van der Waals surface area contributed by atoms with Gasteiger partial charge in [-0.05, 0) is 83.5 Å². The molecule has 0 amide bonds. The van der Waals surface area contributed by atoms with Crippen LogP contribution in [0.15, 0.2) is 60.8 Å². The van der Waals surface area contributed by atoms with Crippen molar-refractivity contribution in [2.45, 2.75) is 219 Å². The molecule has 316 valence electrons. The number of ether oxygens (including phenoxy) is 3. The highest BCUT2D eigenvalue weighted by molar-refractivity contribution is 5.71. The third-order valence-corrected chi connectivity index (χ3v) is 9.51. The molecule has 0 fully saturated rings. The molecular formula is C49H84O6. The van der Waals surface area contributed by atoms with Crippen LogP contribution in [-0.2, 0) is 28.6 Å². The van der Waals surface area contributed by atoms with Gasteiger partial charge in [-0.15, -0.1) is 0 Å². The zero-order valence-electron chi connectivity index (χ0n) is 35.9. The number of hydrogen-bond donors (Lipinski definition) is 0. The molecule has 55 heavy (non-hydrogen) atoms. The minimum Gasteiger partial charge on any atom is -0.462 e. The molecule has 0 saturated carbocycles. The summed E-state index contributed by atoms with van der Waals surface area (Å²) < 4.78 is 16.6. The van der Waals surface area contributed by atoms with E-state index in [1.165, 1.54) is 77.0 Å². The summed E-state index contributed by atoms with van der Waals surface area (Å²) in [6.45, 7) is 6.42. The first kappa shape index (κ1) is 52.1. The van der Waals surface area contributed by atoms with Gasteiger partial charge in [0.05, 0.1) is 0 Å². The summed E-state index contributed by atoms with van der Waals surface area (Å²) in [5.74, 6) is -0.952. The smallest absolute Gasteiger partial charge is 0.306 e. The third-order valence-electron chi connectivity index (χ3n) is 9.51. The molecule has 6 heteroatoms. The summed E-state index contributed by atoms with van der Waals surface area (Å²) in [4.78, 5) is 37.6. The molecule has 0 heterocycles. The lowest BCUT2D eigenvalue weighted by molar-refractivity contribution is -0.167. The van der Waals surface area contributed by atoms with Gasteiger partial charge in [0.1, 0.15) is 13.2 Å². The van der Waals surface area contributed by atoms with Gasteiger partial charge in [0, 0.05) is 19.3 Å². The molecule has 0 saturated heterocycles. The Morgan fingerprint density at radius 2 is 0.709 bits per heavy atom. The first-order valence-electron chi connectivity index (χ1n) is 22.8. The van der Waals surface area contributed by atoms with Gasteiger partial charge < -0.3 is 14.2 Å². The highest BCUT2D eigenvalue weighted by atomic mass is 16.6. The quantitative estimate of drug-likeness (QED) is 0.0267. The number of allylic oxidation sites excluding steroid dienone is 10. The number of carbonyl (C=O) groups excluding carboxylic acids is 3. The molecule has 0 aromatic heterocycles. The van der Waals surface area contributed by atoms with Crippen molar-refractivity contribution in [1.82, 2.24) is 0 Å². The SMILES string of the molecule is CC/C=C\C/C=C\C/C=C\C/C=C\CCCCC(=O)OCC(COC(=O)CCCCCCCCC)OC(=O)CCCCCCC/C=C\CCCCCCCC. The topological polar surface area (TPSA) is 78.9 Å². The third kappa shape index (κ3) is 42.1. The Kier molecular flexibility index (Phi) is 41.5. The maximum Gasteiger partial charge on any atom is 0.306 e. The van der Waals surface area contributed by atoms with E-state index in [-0.39, 0.29) is 31.1 Å². The molecule has 0 aliphatic rings. The Morgan fingerprint density at radius 1 is 0.382 bits per heavy atom. The summed E-state index contributed by atoms with van der Waals surface area (Å²) in [6, 6.07) is 0. The number of carbonyl (C=O) groups is 3. The largest absolute Gasteiger partial charge is 0.462 e. The predicted molar refractivity (Wildman–Crippen MR) is 233 cm³/mol. The summed E-state index contributed by atoms with van der Waals surface area (Å²) >= 11 is 0. The lowest BCUT2D eigenvalue weighted by Crippen LogP contribution is -2.30. The normalized spacial score (nSPS) is 12.6. The second kappa shape index (κ2) is 43.8. The van der Waals surface area contributed by atoms with Gasteiger partial charge in [-0.3, -0.25) is 14.4 Å². The standard InChI is InChI=1S/C49H84O6/c1-4-7-10-13-16-18-20-22-24-26-28-30-33-36-39-42-48(51)54-45-46(44-53-47(50)41-38-35-32-15-12-9-6-3)55-49(52)43-40-37-34-31-29-27-25-23-21-19-17-14-11-8-5-2/h7,10,16,18,22-25,28,30,46H,4-6,8-9,11-15,17,19-21,26-27,29,31-45H2,1-3H3/b10-7-,18-16-,24-22-,25-23-,30-28-. The molecule has 0 bridgehead atoms. The summed E-state index contributed by atoms with van der Waals surface area (Å²) in [5.41, 5.74) is 0. The summed E-state index contributed by atoms with van der Waals surface area (Å²) in [5, 5.41) is 0. The van der Waals surface area contributed by atoms with Crippen molar-refractivity contribution in [2.75, 3.05) is 13.2 Å². The van der Waals surface area contributed by atoms with Gasteiger partial charge in [-0.2, -0.15) is 0 Å². The monoisotopic (exact) mass is 769 g/mol. The van der Waals surface area contributed by atoms with Gasteiger partial charge in [-0.25, -0.2) is 0 Å². The molecular weight excluding hydrogens is 685 g/mol. The van der Waals surface area contributed by atoms with Crippen LogP contribution in [-0.4, -0.2) is 37.2 Å². The lowest BCUT2D eigenvalue weighted by Gasteiger charge is -2.18. The fraction of sp³-hybridized carbons (Fsp3) is 0.735. The fourth-order valence-electron chi connectivity index (χ4n) is 6.07. The van der Waals surface area contributed by atoms with E-state index >= 15 is 0 Å². The maximum absolute atomic E-state index is 12.7. The molecule has 0 aliphatic carbocycles. The van der Waals surface area contributed by atoms with Crippen LogP contribution in [0.2, 0.25) is 0 Å². The van der Waals surface area contributed by atoms with Crippen molar-refractivity contribution in [2.24, 2.45) is 0 Å². The van der Waals surface area contributed by atoms with Crippen molar-refractivity contribution in [3.8, 4) is 0 Å². The van der Waals surface area contributed by atoms with Gasteiger partial charge in [0.25, 0.3) is 0 Å².